The van der Waals surface area contributed by atoms with E-state index in [1.165, 1.54) is 0 Å². The summed E-state index contributed by atoms with van der Waals surface area (Å²) >= 11 is 0. The maximum atomic E-state index is 12.6. The van der Waals surface area contributed by atoms with Gasteiger partial charge in [0.25, 0.3) is 0 Å². The average Bonchev–Trinajstić information content (AvgIpc) is 3.09. The third kappa shape index (κ3) is 3.54. The fraction of sp³-hybridized carbons (Fsp3) is 0.143. The predicted octanol–water partition coefficient (Wildman–Crippen LogP) is 3.85. The Bertz CT molecular complexity index is 1210. The molecule has 138 valence electrons. The maximum absolute atomic E-state index is 12.6. The number of methoxy groups -OCH3 is 1. The summed E-state index contributed by atoms with van der Waals surface area (Å²) in [6.07, 6.45) is 2.49. The SMILES string of the molecule is COc1ccc2[nH]cc(CCNS(=O)(=O)c3ccc4ccccc4c3)c2c1. The lowest BCUT2D eigenvalue weighted by atomic mass is 10.1. The molecule has 0 aliphatic rings. The van der Waals surface area contributed by atoms with Gasteiger partial charge in [-0.3, -0.25) is 0 Å². The average molecular weight is 380 g/mol. The van der Waals surface area contributed by atoms with E-state index in [1.807, 2.05) is 54.7 Å². The van der Waals surface area contributed by atoms with Crippen molar-refractivity contribution in [2.24, 2.45) is 0 Å². The Morgan fingerprint density at radius 1 is 1.00 bits per heavy atom. The minimum Gasteiger partial charge on any atom is -0.497 e. The van der Waals surface area contributed by atoms with Crippen LogP contribution in [-0.4, -0.2) is 27.1 Å². The molecule has 2 N–H and O–H groups in total. The molecule has 0 bridgehead atoms. The first-order chi connectivity index (χ1) is 13.1. The number of rotatable bonds is 6. The van der Waals surface area contributed by atoms with Crippen LogP contribution >= 0.6 is 0 Å². The molecule has 0 saturated carbocycles. The van der Waals surface area contributed by atoms with Crippen LogP contribution in [0.4, 0.5) is 0 Å². The van der Waals surface area contributed by atoms with Crippen LogP contribution in [0.2, 0.25) is 0 Å². The third-order valence-corrected chi connectivity index (χ3v) is 6.15. The number of benzene rings is 3. The van der Waals surface area contributed by atoms with Gasteiger partial charge in [-0.1, -0.05) is 30.3 Å². The predicted molar refractivity (Wildman–Crippen MR) is 108 cm³/mol. The minimum atomic E-state index is -3.56. The van der Waals surface area contributed by atoms with E-state index >= 15 is 0 Å². The summed E-state index contributed by atoms with van der Waals surface area (Å²) in [5.41, 5.74) is 2.05. The quantitative estimate of drug-likeness (QED) is 0.534. The number of hydrogen-bond acceptors (Lipinski definition) is 3. The Hall–Kier alpha value is -2.83. The fourth-order valence-electron chi connectivity index (χ4n) is 3.23. The number of fused-ring (bicyclic) bond motifs is 2. The Morgan fingerprint density at radius 2 is 1.81 bits per heavy atom. The normalized spacial score (nSPS) is 11.9. The van der Waals surface area contributed by atoms with E-state index in [4.69, 9.17) is 4.74 Å². The number of sulfonamides is 1. The third-order valence-electron chi connectivity index (χ3n) is 4.69. The van der Waals surface area contributed by atoms with Gasteiger partial charge in [-0.25, -0.2) is 13.1 Å². The lowest BCUT2D eigenvalue weighted by Crippen LogP contribution is -2.25. The van der Waals surface area contributed by atoms with Gasteiger partial charge < -0.3 is 9.72 Å². The molecule has 4 aromatic rings. The molecule has 0 saturated heterocycles. The minimum absolute atomic E-state index is 0.279. The van der Waals surface area contributed by atoms with Crippen LogP contribution in [0.15, 0.2) is 71.8 Å². The molecule has 0 aliphatic heterocycles. The van der Waals surface area contributed by atoms with Crippen molar-refractivity contribution in [3.8, 4) is 5.75 Å². The smallest absolute Gasteiger partial charge is 0.240 e. The second-order valence-electron chi connectivity index (χ2n) is 6.38. The van der Waals surface area contributed by atoms with Crippen LogP contribution in [0.25, 0.3) is 21.7 Å². The van der Waals surface area contributed by atoms with Crippen LogP contribution in [0, 0.1) is 0 Å². The lowest BCUT2D eigenvalue weighted by molar-refractivity contribution is 0.415. The number of aromatic amines is 1. The monoisotopic (exact) mass is 380 g/mol. The van der Waals surface area contributed by atoms with E-state index in [2.05, 4.69) is 9.71 Å². The van der Waals surface area contributed by atoms with E-state index in [9.17, 15) is 8.42 Å². The summed E-state index contributed by atoms with van der Waals surface area (Å²) in [4.78, 5) is 3.49. The second kappa shape index (κ2) is 7.06. The van der Waals surface area contributed by atoms with E-state index in [1.54, 1.807) is 19.2 Å². The van der Waals surface area contributed by atoms with Crippen molar-refractivity contribution in [1.29, 1.82) is 0 Å². The molecule has 0 unspecified atom stereocenters. The number of hydrogen-bond donors (Lipinski definition) is 2. The summed E-state index contributed by atoms with van der Waals surface area (Å²) in [6.45, 7) is 0.319. The van der Waals surface area contributed by atoms with Crippen LogP contribution in [-0.2, 0) is 16.4 Å². The number of ether oxygens (including phenoxy) is 1. The van der Waals surface area contributed by atoms with Gasteiger partial charge >= 0.3 is 0 Å². The van der Waals surface area contributed by atoms with Crippen LogP contribution in [0.3, 0.4) is 0 Å². The molecule has 4 rings (SSSR count). The Labute approximate surface area is 158 Å². The van der Waals surface area contributed by atoms with Gasteiger partial charge in [-0.15, -0.1) is 0 Å². The highest BCUT2D eigenvalue weighted by atomic mass is 32.2. The van der Waals surface area contributed by atoms with Gasteiger partial charge in [0.1, 0.15) is 5.75 Å². The first kappa shape index (κ1) is 17.6. The van der Waals surface area contributed by atoms with E-state index < -0.39 is 10.0 Å². The van der Waals surface area contributed by atoms with Crippen molar-refractivity contribution in [2.75, 3.05) is 13.7 Å². The highest BCUT2D eigenvalue weighted by Crippen LogP contribution is 2.24. The van der Waals surface area contributed by atoms with Crippen molar-refractivity contribution in [1.82, 2.24) is 9.71 Å². The molecule has 3 aromatic carbocycles. The van der Waals surface area contributed by atoms with Crippen molar-refractivity contribution >= 4 is 31.7 Å². The van der Waals surface area contributed by atoms with Gasteiger partial charge in [0.2, 0.25) is 10.0 Å². The summed E-state index contributed by atoms with van der Waals surface area (Å²) in [5.74, 6) is 0.778. The Kier molecular flexibility index (Phi) is 4.59. The maximum Gasteiger partial charge on any atom is 0.240 e. The van der Waals surface area contributed by atoms with Crippen LogP contribution in [0.5, 0.6) is 5.75 Å². The van der Waals surface area contributed by atoms with Gasteiger partial charge in [0.15, 0.2) is 0 Å². The first-order valence-electron chi connectivity index (χ1n) is 8.69. The van der Waals surface area contributed by atoms with Gasteiger partial charge in [0.05, 0.1) is 12.0 Å². The van der Waals surface area contributed by atoms with Crippen molar-refractivity contribution in [3.63, 3.8) is 0 Å². The molecular formula is C21H20N2O3S. The Morgan fingerprint density at radius 3 is 2.63 bits per heavy atom. The molecule has 0 amide bonds. The van der Waals surface area contributed by atoms with Crippen LogP contribution < -0.4 is 9.46 Å². The van der Waals surface area contributed by atoms with Gasteiger partial charge in [-0.05, 0) is 53.1 Å². The first-order valence-corrected chi connectivity index (χ1v) is 10.2. The molecule has 6 heteroatoms. The van der Waals surface area contributed by atoms with Crippen molar-refractivity contribution in [3.05, 3.63) is 72.4 Å². The summed E-state index contributed by atoms with van der Waals surface area (Å²) in [6, 6.07) is 18.7. The van der Waals surface area contributed by atoms with Gasteiger partial charge in [-0.2, -0.15) is 0 Å². The Balaban J connectivity index is 1.50. The highest BCUT2D eigenvalue weighted by Gasteiger charge is 2.14. The molecule has 1 aromatic heterocycles. The molecule has 1 heterocycles. The summed E-state index contributed by atoms with van der Waals surface area (Å²) < 4.78 is 33.2. The molecule has 0 atom stereocenters. The van der Waals surface area contributed by atoms with E-state index in [0.717, 1.165) is 33.0 Å². The molecule has 0 spiro atoms. The van der Waals surface area contributed by atoms with Gasteiger partial charge in [0, 0.05) is 23.6 Å². The molecule has 5 nitrogen and oxygen atoms in total. The number of nitrogens with one attached hydrogen (secondary N) is 2. The van der Waals surface area contributed by atoms with Crippen LogP contribution in [0.1, 0.15) is 5.56 Å². The molecule has 27 heavy (non-hydrogen) atoms. The summed E-state index contributed by atoms with van der Waals surface area (Å²) in [7, 11) is -1.93. The molecule has 0 fully saturated rings. The van der Waals surface area contributed by atoms with E-state index in [0.29, 0.717) is 13.0 Å². The topological polar surface area (TPSA) is 71.2 Å². The molecular weight excluding hydrogens is 360 g/mol. The van der Waals surface area contributed by atoms with E-state index in [-0.39, 0.29) is 4.90 Å². The lowest BCUT2D eigenvalue weighted by Gasteiger charge is -2.08. The fourth-order valence-corrected chi connectivity index (χ4v) is 4.30. The molecule has 0 radical (unpaired) electrons. The highest BCUT2D eigenvalue weighted by molar-refractivity contribution is 7.89. The number of H-pyrrole nitrogens is 1. The number of aromatic nitrogens is 1. The summed E-state index contributed by atoms with van der Waals surface area (Å²) in [5, 5.41) is 2.97. The largest absolute Gasteiger partial charge is 0.497 e. The standard InChI is InChI=1S/C21H20N2O3S/c1-26-18-7-9-21-20(13-18)17(14-22-21)10-11-23-27(24,25)19-8-6-15-4-2-3-5-16(15)12-19/h2-9,12-14,22-23H,10-11H2,1H3. The second-order valence-corrected chi connectivity index (χ2v) is 8.15. The molecule has 0 aliphatic carbocycles. The van der Waals surface area contributed by atoms with Crippen molar-refractivity contribution in [2.45, 2.75) is 11.3 Å². The van der Waals surface area contributed by atoms with Crippen molar-refractivity contribution < 1.29 is 13.2 Å². The zero-order chi connectivity index (χ0) is 18.9. The zero-order valence-corrected chi connectivity index (χ0v) is 15.7. The zero-order valence-electron chi connectivity index (χ0n) is 14.9.